The number of amides is 2. The fourth-order valence-electron chi connectivity index (χ4n) is 10.8. The van der Waals surface area contributed by atoms with Crippen molar-refractivity contribution in [1.82, 2.24) is 0 Å². The minimum absolute atomic E-state index is 0.0908. The Morgan fingerprint density at radius 1 is 0.824 bits per heavy atom. The van der Waals surface area contributed by atoms with Gasteiger partial charge in [0.05, 0.1) is 40.9 Å². The average Bonchev–Trinajstić information content (AvgIpc) is 3.60. The number of carbonyl (C=O) groups is 2. The van der Waals surface area contributed by atoms with Crippen LogP contribution < -0.4 is 25.3 Å². The summed E-state index contributed by atoms with van der Waals surface area (Å²) in [6, 6.07) is 52.2. The summed E-state index contributed by atoms with van der Waals surface area (Å²) >= 11 is 2.11. The number of allylic oxidation sites excluding steroid dienone is 1. The molecule has 4 atom stereocenters. The molecule has 2 fully saturated rings. The smallest absolute Gasteiger partial charge is 0.455 e. The summed E-state index contributed by atoms with van der Waals surface area (Å²) < 4.78 is 20.4. The summed E-state index contributed by atoms with van der Waals surface area (Å²) in [4.78, 5) is 31.2. The molecule has 346 valence electrons. The number of para-hydroxylation sites is 1. The normalized spacial score (nSPS) is 19.8. The van der Waals surface area contributed by atoms with E-state index in [1.165, 1.54) is 4.90 Å². The molecule has 0 radical (unpaired) electrons. The van der Waals surface area contributed by atoms with Crippen molar-refractivity contribution in [2.45, 2.75) is 57.5 Å². The summed E-state index contributed by atoms with van der Waals surface area (Å²) in [5, 5.41) is 27.7. The van der Waals surface area contributed by atoms with Crippen LogP contribution in [0.3, 0.4) is 0 Å². The third-order valence-electron chi connectivity index (χ3n) is 13.8. The molecule has 0 spiro atoms. The van der Waals surface area contributed by atoms with Crippen LogP contribution in [0.25, 0.3) is 11.6 Å². The Bertz CT molecular complexity index is 2780. The lowest BCUT2D eigenvalue weighted by Gasteiger charge is -2.46. The van der Waals surface area contributed by atoms with Gasteiger partial charge in [0.1, 0.15) is 0 Å². The maximum atomic E-state index is 15.0. The molecule has 1 aliphatic carbocycles. The third kappa shape index (κ3) is 9.36. The Morgan fingerprint density at radius 3 is 2.01 bits per heavy atom. The van der Waals surface area contributed by atoms with Gasteiger partial charge in [-0.15, -0.1) is 0 Å². The number of hydrogen-bond acceptors (Lipinski definition) is 8. The number of ether oxygens (including phenoxy) is 1. The highest BCUT2D eigenvalue weighted by atomic mass is 127. The number of benzene rings is 6. The van der Waals surface area contributed by atoms with Gasteiger partial charge in [-0.1, -0.05) is 136 Å². The first-order chi connectivity index (χ1) is 32.9. The van der Waals surface area contributed by atoms with E-state index < -0.39 is 39.3 Å². The Morgan fingerprint density at radius 2 is 1.41 bits per heavy atom. The second-order valence-corrected chi connectivity index (χ2v) is 24.4. The van der Waals surface area contributed by atoms with Gasteiger partial charge < -0.3 is 29.3 Å². The Balaban J connectivity index is 1.12. The van der Waals surface area contributed by atoms with Crippen LogP contribution >= 0.6 is 22.6 Å². The predicted octanol–water partition coefficient (Wildman–Crippen LogP) is 10.6. The minimum atomic E-state index is -3.06. The van der Waals surface area contributed by atoms with Crippen LogP contribution in [0.15, 0.2) is 169 Å². The molecule has 0 unspecified atom stereocenters. The van der Waals surface area contributed by atoms with Crippen molar-refractivity contribution in [2.75, 3.05) is 23.9 Å². The minimum Gasteiger partial charge on any atom is -0.504 e. The van der Waals surface area contributed by atoms with E-state index >= 15 is 0 Å². The number of imide groups is 1. The number of aromatic hydroxyl groups is 1. The van der Waals surface area contributed by atoms with Gasteiger partial charge in [-0.25, -0.2) is 0 Å². The molecule has 2 heterocycles. The highest BCUT2D eigenvalue weighted by molar-refractivity contribution is 14.1. The Kier molecular flexibility index (Phi) is 14.0. The largest absolute Gasteiger partial charge is 0.504 e. The quantitative estimate of drug-likeness (QED) is 0.0325. The highest BCUT2D eigenvalue weighted by Gasteiger charge is 2.58. The van der Waals surface area contributed by atoms with Crippen LogP contribution in [0.1, 0.15) is 51.2 Å². The molecule has 9 rings (SSSR count). The SMILES string of the molecule is COc1cc(/C=C(/CC[C@H]2OB(O)C[C@H]3C2=C(CO[Si](c2ccccc2)(c2ccccc2)C(C)(C)C)C[C@H]2C(=O)N(c4ccc(Nc5ccccc5)cc4)C(=O)[C@H]23)c2ccccc2)cc(I)c1O. The first kappa shape index (κ1) is 47.3. The topological polar surface area (TPSA) is 118 Å². The van der Waals surface area contributed by atoms with Crippen molar-refractivity contribution in [2.24, 2.45) is 17.8 Å². The van der Waals surface area contributed by atoms with E-state index in [1.807, 2.05) is 97.1 Å². The fraction of sp³-hybridized carbons (Fsp3) is 0.250. The summed E-state index contributed by atoms with van der Waals surface area (Å²) in [5.74, 6) is -1.82. The molecule has 2 saturated heterocycles. The number of carbonyl (C=O) groups excluding carboxylic acids is 2. The zero-order chi connectivity index (χ0) is 47.6. The lowest BCUT2D eigenvalue weighted by molar-refractivity contribution is -0.122. The van der Waals surface area contributed by atoms with Crippen LogP contribution in [-0.4, -0.2) is 57.2 Å². The zero-order valence-corrected chi connectivity index (χ0v) is 41.9. The summed E-state index contributed by atoms with van der Waals surface area (Å²) in [5.41, 5.74) is 7.10. The Hall–Kier alpha value is -5.77. The lowest BCUT2D eigenvalue weighted by Crippen LogP contribution is -2.66. The first-order valence-corrected chi connectivity index (χ1v) is 26.3. The van der Waals surface area contributed by atoms with Crippen LogP contribution in [-0.2, 0) is 18.7 Å². The van der Waals surface area contributed by atoms with Crippen LogP contribution in [0.2, 0.25) is 11.4 Å². The van der Waals surface area contributed by atoms with E-state index in [2.05, 4.69) is 115 Å². The molecule has 0 bridgehead atoms. The van der Waals surface area contributed by atoms with Crippen molar-refractivity contribution >= 4 is 88.9 Å². The molecular formula is C56H56BIN2O7Si. The van der Waals surface area contributed by atoms with Gasteiger partial charge in [0, 0.05) is 11.4 Å². The lowest BCUT2D eigenvalue weighted by atomic mass is 9.58. The van der Waals surface area contributed by atoms with Gasteiger partial charge in [-0.05, 0) is 146 Å². The first-order valence-electron chi connectivity index (χ1n) is 23.3. The zero-order valence-electron chi connectivity index (χ0n) is 38.8. The van der Waals surface area contributed by atoms with Crippen molar-refractivity contribution < 1.29 is 33.5 Å². The van der Waals surface area contributed by atoms with Crippen LogP contribution in [0.4, 0.5) is 17.1 Å². The number of phenolic OH excluding ortho intramolecular Hbond substituents is 1. The molecule has 0 saturated carbocycles. The van der Waals surface area contributed by atoms with E-state index in [4.69, 9.17) is 13.8 Å². The number of phenols is 1. The standard InChI is InChI=1S/C56H56BIN2O7Si/c1-56(2,3)68(44-21-13-7-14-22-44,45-23-15-8-16-24-45)66-36-40-34-46-52(55(63)60(54(46)62)43-28-26-42(27-29-43)59-41-19-11-6-12-20-41)47-35-57(64)67-49(51(40)47)30-25-39(38-17-9-5-10-18-38)31-37-32-48(58)53(61)50(33-37)65-4/h5-24,26-29,31-33,46-47,49,52,59,61,64H,25,30,34-36H2,1-4H3/b39-31-/t46-,47+,49-,52-/m1/s1. The number of fused-ring (bicyclic) bond motifs is 3. The Labute approximate surface area is 414 Å². The predicted molar refractivity (Wildman–Crippen MR) is 283 cm³/mol. The molecule has 0 aromatic heterocycles. The number of halogens is 1. The molecule has 3 N–H and O–H groups in total. The van der Waals surface area contributed by atoms with Gasteiger partial charge >= 0.3 is 7.12 Å². The molecule has 2 amide bonds. The molecule has 68 heavy (non-hydrogen) atoms. The second kappa shape index (κ2) is 20.1. The van der Waals surface area contributed by atoms with E-state index in [0.29, 0.717) is 34.3 Å². The molecule has 6 aromatic rings. The van der Waals surface area contributed by atoms with Gasteiger partial charge in [-0.2, -0.15) is 0 Å². The van der Waals surface area contributed by atoms with Crippen molar-refractivity contribution in [3.8, 4) is 11.5 Å². The summed E-state index contributed by atoms with van der Waals surface area (Å²) in [7, 11) is -2.67. The van der Waals surface area contributed by atoms with E-state index in [9.17, 15) is 19.7 Å². The van der Waals surface area contributed by atoms with Gasteiger partial charge in [-0.3, -0.25) is 14.5 Å². The van der Waals surface area contributed by atoms with Crippen molar-refractivity contribution in [3.63, 3.8) is 0 Å². The van der Waals surface area contributed by atoms with Gasteiger partial charge in [0.2, 0.25) is 11.8 Å². The number of nitrogens with one attached hydrogen (secondary N) is 1. The number of methoxy groups -OCH3 is 1. The van der Waals surface area contributed by atoms with E-state index in [0.717, 1.165) is 49.6 Å². The molecule has 9 nitrogen and oxygen atoms in total. The fourth-order valence-corrected chi connectivity index (χ4v) is 15.9. The van der Waals surface area contributed by atoms with Crippen LogP contribution in [0.5, 0.6) is 11.5 Å². The monoisotopic (exact) mass is 1030 g/mol. The molecule has 12 heteroatoms. The molecular weight excluding hydrogens is 978 g/mol. The number of rotatable bonds is 14. The molecule has 3 aliphatic rings. The molecule has 6 aromatic carbocycles. The highest BCUT2D eigenvalue weighted by Crippen LogP contribution is 2.52. The number of anilines is 3. The summed E-state index contributed by atoms with van der Waals surface area (Å²) in [6.07, 6.45) is 3.06. The number of nitrogens with zero attached hydrogens (tertiary/aromatic N) is 1. The van der Waals surface area contributed by atoms with E-state index in [-0.39, 0.29) is 35.5 Å². The molecule has 2 aliphatic heterocycles. The third-order valence-corrected chi connectivity index (χ3v) is 19.6. The van der Waals surface area contributed by atoms with Crippen molar-refractivity contribution in [3.05, 3.63) is 184 Å². The van der Waals surface area contributed by atoms with Gasteiger partial charge in [0.25, 0.3) is 8.32 Å². The summed E-state index contributed by atoms with van der Waals surface area (Å²) in [6.45, 7) is 6.98. The van der Waals surface area contributed by atoms with Gasteiger partial charge in [0.15, 0.2) is 11.5 Å². The second-order valence-electron chi connectivity index (χ2n) is 18.9. The van der Waals surface area contributed by atoms with E-state index in [1.54, 1.807) is 7.11 Å². The number of hydrogen-bond donors (Lipinski definition) is 3. The van der Waals surface area contributed by atoms with Crippen LogP contribution in [0, 0.1) is 21.3 Å². The maximum absolute atomic E-state index is 15.0. The average molecular weight is 1030 g/mol. The van der Waals surface area contributed by atoms with Crippen molar-refractivity contribution in [1.29, 1.82) is 0 Å². The maximum Gasteiger partial charge on any atom is 0.455 e.